The monoisotopic (exact) mass is 469 g/mol. The fraction of sp³-hybridized carbons (Fsp3) is 0.654. The Hall–Kier alpha value is -1.83. The molecule has 0 bridgehead atoms. The highest BCUT2D eigenvalue weighted by atomic mass is 32.1. The van der Waals surface area contributed by atoms with Crippen LogP contribution in [0.3, 0.4) is 0 Å². The van der Waals surface area contributed by atoms with Crippen molar-refractivity contribution in [2.75, 3.05) is 19.7 Å². The van der Waals surface area contributed by atoms with Crippen molar-refractivity contribution in [3.8, 4) is 10.6 Å². The van der Waals surface area contributed by atoms with Crippen molar-refractivity contribution in [2.45, 2.75) is 70.8 Å². The van der Waals surface area contributed by atoms with Crippen molar-refractivity contribution in [2.24, 2.45) is 16.7 Å². The number of aliphatic hydroxyl groups is 2. The Kier molecular flexibility index (Phi) is 6.08. The minimum Gasteiger partial charge on any atom is -0.396 e. The molecule has 5 atom stereocenters. The second kappa shape index (κ2) is 8.75. The van der Waals surface area contributed by atoms with E-state index >= 15 is 0 Å². The van der Waals surface area contributed by atoms with Crippen LogP contribution in [0.5, 0.6) is 0 Å². The van der Waals surface area contributed by atoms with Crippen LogP contribution in [0.15, 0.2) is 24.5 Å². The standard InChI is InChI=1S/C26H35N3O3S/c1-25-9-8-21(31)26(2,16-30)20(25)14-19-23(28-24(33-19)17-7-6-10-27-15-17)18(25)13-22(32)29-11-4-3-5-12-29/h6-7,10,15,18,20-21,30-31H,3-5,8-9,11-14,16H2,1-2H3. The van der Waals surface area contributed by atoms with Gasteiger partial charge < -0.3 is 15.1 Å². The molecule has 33 heavy (non-hydrogen) atoms. The van der Waals surface area contributed by atoms with E-state index in [0.717, 1.165) is 55.0 Å². The zero-order valence-electron chi connectivity index (χ0n) is 19.7. The van der Waals surface area contributed by atoms with Gasteiger partial charge in [0.25, 0.3) is 0 Å². The molecule has 1 amide bonds. The fourth-order valence-electron chi connectivity index (χ4n) is 6.71. The Morgan fingerprint density at radius 3 is 2.76 bits per heavy atom. The lowest BCUT2D eigenvalue weighted by Gasteiger charge is -2.58. The van der Waals surface area contributed by atoms with Gasteiger partial charge in [0.15, 0.2) is 0 Å². The Balaban J connectivity index is 1.57. The third kappa shape index (κ3) is 3.82. The summed E-state index contributed by atoms with van der Waals surface area (Å²) in [6, 6.07) is 3.95. The third-order valence-corrected chi connectivity index (χ3v) is 10.0. The van der Waals surface area contributed by atoms with Gasteiger partial charge in [0.05, 0.1) is 18.4 Å². The molecule has 2 aromatic heterocycles. The van der Waals surface area contributed by atoms with Gasteiger partial charge in [-0.3, -0.25) is 9.78 Å². The van der Waals surface area contributed by atoms with Crippen LogP contribution in [0, 0.1) is 16.7 Å². The second-order valence-corrected chi connectivity index (χ2v) is 11.8. The SMILES string of the molecule is CC1(CO)C(O)CCC2(C)C(CC(=O)N3CCCCC3)c3nc(-c4cccnc4)sc3CC12. The molecule has 2 aromatic rings. The molecule has 5 rings (SSSR count). The largest absolute Gasteiger partial charge is 0.396 e. The maximum Gasteiger partial charge on any atom is 0.223 e. The summed E-state index contributed by atoms with van der Waals surface area (Å²) in [4.78, 5) is 26.1. The maximum absolute atomic E-state index is 13.5. The van der Waals surface area contributed by atoms with Crippen LogP contribution in [-0.4, -0.2) is 56.8 Å². The number of fused-ring (bicyclic) bond motifs is 2. The van der Waals surface area contributed by atoms with Gasteiger partial charge in [0.2, 0.25) is 5.91 Å². The van der Waals surface area contributed by atoms with Crippen molar-refractivity contribution < 1.29 is 15.0 Å². The first-order chi connectivity index (χ1) is 15.9. The molecular formula is C26H35N3O3S. The Bertz CT molecular complexity index is 1010. The first-order valence-electron chi connectivity index (χ1n) is 12.3. The summed E-state index contributed by atoms with van der Waals surface area (Å²) < 4.78 is 0. The van der Waals surface area contributed by atoms with Crippen LogP contribution in [0.25, 0.3) is 10.6 Å². The molecule has 1 aliphatic heterocycles. The van der Waals surface area contributed by atoms with Crippen molar-refractivity contribution in [1.82, 2.24) is 14.9 Å². The summed E-state index contributed by atoms with van der Waals surface area (Å²) in [6.07, 6.45) is 9.15. The van der Waals surface area contributed by atoms with E-state index in [4.69, 9.17) is 4.98 Å². The van der Waals surface area contributed by atoms with E-state index in [2.05, 4.69) is 11.9 Å². The van der Waals surface area contributed by atoms with Crippen LogP contribution >= 0.6 is 11.3 Å². The van der Waals surface area contributed by atoms with E-state index in [1.165, 1.54) is 11.3 Å². The second-order valence-electron chi connectivity index (χ2n) is 10.7. The summed E-state index contributed by atoms with van der Waals surface area (Å²) in [5.41, 5.74) is 1.26. The van der Waals surface area contributed by atoms with Crippen molar-refractivity contribution in [1.29, 1.82) is 0 Å². The molecule has 2 N–H and O–H groups in total. The Morgan fingerprint density at radius 1 is 1.27 bits per heavy atom. The third-order valence-electron chi connectivity index (χ3n) is 8.89. The predicted molar refractivity (Wildman–Crippen MR) is 129 cm³/mol. The van der Waals surface area contributed by atoms with Gasteiger partial charge >= 0.3 is 0 Å². The minimum atomic E-state index is -0.588. The molecule has 0 spiro atoms. The molecule has 5 unspecified atom stereocenters. The zero-order chi connectivity index (χ0) is 23.2. The molecule has 0 radical (unpaired) electrons. The van der Waals surface area contributed by atoms with Crippen LogP contribution in [0.1, 0.15) is 68.9 Å². The number of hydrogen-bond donors (Lipinski definition) is 2. The van der Waals surface area contributed by atoms with E-state index in [1.807, 2.05) is 30.2 Å². The van der Waals surface area contributed by atoms with E-state index in [-0.39, 0.29) is 29.8 Å². The summed E-state index contributed by atoms with van der Waals surface area (Å²) in [7, 11) is 0. The molecule has 1 saturated carbocycles. The van der Waals surface area contributed by atoms with Crippen molar-refractivity contribution >= 4 is 17.2 Å². The number of nitrogens with zero attached hydrogens (tertiary/aromatic N) is 3. The topological polar surface area (TPSA) is 86.5 Å². The van der Waals surface area contributed by atoms with Gasteiger partial charge in [-0.05, 0) is 62.0 Å². The number of aromatic nitrogens is 2. The Morgan fingerprint density at radius 2 is 2.06 bits per heavy atom. The highest BCUT2D eigenvalue weighted by molar-refractivity contribution is 7.15. The quantitative estimate of drug-likeness (QED) is 0.706. The van der Waals surface area contributed by atoms with Crippen LogP contribution in [0.2, 0.25) is 0 Å². The number of rotatable bonds is 4. The van der Waals surface area contributed by atoms with E-state index in [9.17, 15) is 15.0 Å². The number of likely N-dealkylation sites (tertiary alicyclic amines) is 1. The molecule has 2 aliphatic carbocycles. The summed E-state index contributed by atoms with van der Waals surface area (Å²) in [5, 5.41) is 22.3. The number of aliphatic hydroxyl groups excluding tert-OH is 2. The van der Waals surface area contributed by atoms with E-state index < -0.39 is 11.5 Å². The smallest absolute Gasteiger partial charge is 0.223 e. The van der Waals surface area contributed by atoms with Crippen LogP contribution in [0.4, 0.5) is 0 Å². The molecule has 3 aliphatic rings. The van der Waals surface area contributed by atoms with Gasteiger partial charge in [0, 0.05) is 53.7 Å². The van der Waals surface area contributed by atoms with Gasteiger partial charge in [-0.25, -0.2) is 4.98 Å². The lowest BCUT2D eigenvalue weighted by atomic mass is 9.47. The van der Waals surface area contributed by atoms with Crippen molar-refractivity contribution in [3.05, 3.63) is 35.1 Å². The highest BCUT2D eigenvalue weighted by Crippen LogP contribution is 2.63. The average Bonchev–Trinajstić information content (AvgIpc) is 3.28. The number of hydrogen-bond acceptors (Lipinski definition) is 6. The normalized spacial score (nSPS) is 33.9. The average molecular weight is 470 g/mol. The number of piperidine rings is 1. The molecule has 0 aromatic carbocycles. The molecule has 1 saturated heterocycles. The van der Waals surface area contributed by atoms with Crippen LogP contribution in [-0.2, 0) is 11.2 Å². The van der Waals surface area contributed by atoms with E-state index in [0.29, 0.717) is 12.8 Å². The van der Waals surface area contributed by atoms with E-state index in [1.54, 1.807) is 17.5 Å². The van der Waals surface area contributed by atoms with Crippen molar-refractivity contribution in [3.63, 3.8) is 0 Å². The summed E-state index contributed by atoms with van der Waals surface area (Å²) >= 11 is 1.68. The predicted octanol–water partition coefficient (Wildman–Crippen LogP) is 4.02. The fourth-order valence-corrected chi connectivity index (χ4v) is 7.86. The number of carbonyl (C=O) groups excluding carboxylic acids is 1. The number of thiazole rings is 1. The zero-order valence-corrected chi connectivity index (χ0v) is 20.5. The number of amides is 1. The van der Waals surface area contributed by atoms with Gasteiger partial charge in [-0.2, -0.15) is 0 Å². The first-order valence-corrected chi connectivity index (χ1v) is 13.1. The molecule has 2 fully saturated rings. The van der Waals surface area contributed by atoms with Gasteiger partial charge in [0.1, 0.15) is 5.01 Å². The molecule has 3 heterocycles. The first kappa shape index (κ1) is 22.9. The molecule has 7 heteroatoms. The Labute approximate surface area is 200 Å². The van der Waals surface area contributed by atoms with Crippen LogP contribution < -0.4 is 0 Å². The van der Waals surface area contributed by atoms with Gasteiger partial charge in [-0.15, -0.1) is 11.3 Å². The highest BCUT2D eigenvalue weighted by Gasteiger charge is 2.59. The maximum atomic E-state index is 13.5. The number of carbonyl (C=O) groups is 1. The van der Waals surface area contributed by atoms with Gasteiger partial charge in [-0.1, -0.05) is 13.8 Å². The summed E-state index contributed by atoms with van der Waals surface area (Å²) in [5.74, 6) is 0.300. The lowest BCUT2D eigenvalue weighted by Crippen LogP contribution is -2.57. The number of pyridine rings is 1. The molecule has 6 nitrogen and oxygen atoms in total. The minimum absolute atomic E-state index is 0.0132. The summed E-state index contributed by atoms with van der Waals surface area (Å²) in [6.45, 7) is 5.95. The molecule has 178 valence electrons. The molecular weight excluding hydrogens is 434 g/mol. The lowest BCUT2D eigenvalue weighted by molar-refractivity contribution is -0.147.